The van der Waals surface area contributed by atoms with Crippen LogP contribution >= 0.6 is 0 Å². The van der Waals surface area contributed by atoms with Gasteiger partial charge in [-0.3, -0.25) is 4.79 Å². The van der Waals surface area contributed by atoms with Gasteiger partial charge in [-0.1, -0.05) is 67.6 Å². The van der Waals surface area contributed by atoms with E-state index in [9.17, 15) is 14.7 Å². The maximum absolute atomic E-state index is 13.4. The molecule has 204 valence electrons. The molecule has 38 heavy (non-hydrogen) atoms. The van der Waals surface area contributed by atoms with Gasteiger partial charge in [0.1, 0.15) is 23.6 Å². The van der Waals surface area contributed by atoms with Crippen molar-refractivity contribution in [2.24, 2.45) is 17.6 Å². The van der Waals surface area contributed by atoms with E-state index in [1.165, 1.54) is 0 Å². The predicted molar refractivity (Wildman–Crippen MR) is 148 cm³/mol. The molecule has 0 aliphatic carbocycles. The molecule has 2 aromatic carbocycles. The Bertz CT molecular complexity index is 1140. The van der Waals surface area contributed by atoms with E-state index in [1.807, 2.05) is 67.6 Å². The number of benzene rings is 2. The fourth-order valence-electron chi connectivity index (χ4n) is 4.59. The highest BCUT2D eigenvalue weighted by Crippen LogP contribution is 2.32. The second kappa shape index (κ2) is 13.5. The monoisotopic (exact) mass is 519 g/mol. The Labute approximate surface area is 225 Å². The molecule has 1 heterocycles. The number of aldehydes is 1. The lowest BCUT2D eigenvalue weighted by molar-refractivity contribution is -0.165. The van der Waals surface area contributed by atoms with Crippen molar-refractivity contribution in [3.05, 3.63) is 89.5 Å². The predicted octanol–water partition coefficient (Wildman–Crippen LogP) is 4.91. The first-order chi connectivity index (χ1) is 18.1. The molecule has 3 rings (SSSR count). The molecule has 0 aliphatic rings. The van der Waals surface area contributed by atoms with Crippen molar-refractivity contribution >= 4 is 12.3 Å². The molecule has 1 aromatic heterocycles. The molecule has 0 fully saturated rings. The van der Waals surface area contributed by atoms with Gasteiger partial charge >= 0.3 is 5.97 Å². The minimum atomic E-state index is -1.07. The number of hydrogen-bond donors (Lipinski definition) is 3. The van der Waals surface area contributed by atoms with Crippen LogP contribution in [0.15, 0.2) is 66.9 Å². The van der Waals surface area contributed by atoms with Gasteiger partial charge in [-0.25, -0.2) is 4.98 Å². The molecule has 2 unspecified atom stereocenters. The van der Waals surface area contributed by atoms with Gasteiger partial charge in [0.05, 0.1) is 6.10 Å². The smallest absolute Gasteiger partial charge is 0.314 e. The van der Waals surface area contributed by atoms with Crippen molar-refractivity contribution in [2.45, 2.75) is 77.0 Å². The Morgan fingerprint density at radius 2 is 1.74 bits per heavy atom. The van der Waals surface area contributed by atoms with Crippen molar-refractivity contribution in [3.63, 3.8) is 0 Å². The largest absolute Gasteiger partial charge is 0.460 e. The second-order valence-corrected chi connectivity index (χ2v) is 11.1. The molecule has 0 amide bonds. The standard InChI is InChI=1S/C31H41N3O4/c1-21(20-35)15-16-25-19-33-29(34-25)24(17-22-11-7-5-8-12-22)18-26(36)27(30(37)38-31(2,3)4)28(32)23-13-9-6-10-14-23/h5-14,19-21,24,26-28,36H,15-18,32H2,1-4H3,(H,33,34)/t21?,24-,26+,27-,28?/m1/s1. The van der Waals surface area contributed by atoms with Crippen LogP contribution in [0.3, 0.4) is 0 Å². The molecule has 0 saturated heterocycles. The number of carbonyl (C=O) groups excluding carboxylic acids is 2. The van der Waals surface area contributed by atoms with Gasteiger partial charge < -0.3 is 25.4 Å². The van der Waals surface area contributed by atoms with Gasteiger partial charge in [-0.05, 0) is 57.6 Å². The number of esters is 1. The SMILES string of the molecule is CC(C=O)CCc1cnc([C@H](Cc2ccccc2)C[C@H](O)[C@@H](C(=O)OC(C)(C)C)C(N)c2ccccc2)[nH]1. The first kappa shape index (κ1) is 29.3. The Kier molecular flexibility index (Phi) is 10.4. The van der Waals surface area contributed by atoms with E-state index in [-0.39, 0.29) is 18.3 Å². The molecule has 7 nitrogen and oxygen atoms in total. The molecule has 4 N–H and O–H groups in total. The highest BCUT2D eigenvalue weighted by molar-refractivity contribution is 5.75. The van der Waals surface area contributed by atoms with Gasteiger partial charge in [-0.2, -0.15) is 0 Å². The third kappa shape index (κ3) is 8.64. The van der Waals surface area contributed by atoms with Gasteiger partial charge in [0.25, 0.3) is 0 Å². The molecule has 0 bridgehead atoms. The lowest BCUT2D eigenvalue weighted by atomic mass is 9.83. The van der Waals surface area contributed by atoms with Gasteiger partial charge in [0.2, 0.25) is 0 Å². The summed E-state index contributed by atoms with van der Waals surface area (Å²) in [6, 6.07) is 18.6. The van der Waals surface area contributed by atoms with Crippen molar-refractivity contribution in [1.29, 1.82) is 0 Å². The topological polar surface area (TPSA) is 118 Å². The number of aliphatic hydroxyl groups is 1. The summed E-state index contributed by atoms with van der Waals surface area (Å²) in [4.78, 5) is 32.4. The van der Waals surface area contributed by atoms with Crippen LogP contribution in [0.2, 0.25) is 0 Å². The number of nitrogens with zero attached hydrogens (tertiary/aromatic N) is 1. The first-order valence-corrected chi connectivity index (χ1v) is 13.3. The van der Waals surface area contributed by atoms with Crippen LogP contribution < -0.4 is 5.73 Å². The summed E-state index contributed by atoms with van der Waals surface area (Å²) < 4.78 is 5.71. The summed E-state index contributed by atoms with van der Waals surface area (Å²) >= 11 is 0. The van der Waals surface area contributed by atoms with Crippen LogP contribution in [0.4, 0.5) is 0 Å². The van der Waals surface area contributed by atoms with E-state index < -0.39 is 29.6 Å². The third-order valence-corrected chi connectivity index (χ3v) is 6.65. The van der Waals surface area contributed by atoms with E-state index >= 15 is 0 Å². The number of nitrogens with one attached hydrogen (secondary N) is 1. The number of aryl methyl sites for hydroxylation is 1. The van der Waals surface area contributed by atoms with Gasteiger partial charge in [-0.15, -0.1) is 0 Å². The van der Waals surface area contributed by atoms with Crippen LogP contribution in [-0.4, -0.2) is 39.0 Å². The van der Waals surface area contributed by atoms with E-state index in [1.54, 1.807) is 27.0 Å². The average molecular weight is 520 g/mol. The normalized spacial score (nSPS) is 15.7. The summed E-state index contributed by atoms with van der Waals surface area (Å²) in [6.45, 7) is 7.30. The number of carbonyl (C=O) groups is 2. The van der Waals surface area contributed by atoms with Crippen LogP contribution in [-0.2, 0) is 27.2 Å². The number of ether oxygens (including phenoxy) is 1. The quantitative estimate of drug-likeness (QED) is 0.218. The summed E-state index contributed by atoms with van der Waals surface area (Å²) in [6.07, 6.45) is 3.99. The molecule has 0 saturated carbocycles. The highest BCUT2D eigenvalue weighted by atomic mass is 16.6. The molecule has 5 atom stereocenters. The number of imidazole rings is 1. The molecular formula is C31H41N3O4. The second-order valence-electron chi connectivity index (χ2n) is 11.1. The molecule has 0 spiro atoms. The van der Waals surface area contributed by atoms with E-state index in [2.05, 4.69) is 9.97 Å². The third-order valence-electron chi connectivity index (χ3n) is 6.65. The minimum absolute atomic E-state index is 0.0299. The molecule has 3 aromatic rings. The summed E-state index contributed by atoms with van der Waals surface area (Å²) in [5.41, 5.74) is 8.67. The maximum atomic E-state index is 13.4. The van der Waals surface area contributed by atoms with Crippen LogP contribution in [0.1, 0.15) is 75.1 Å². The van der Waals surface area contributed by atoms with Crippen LogP contribution in [0.5, 0.6) is 0 Å². The summed E-state index contributed by atoms with van der Waals surface area (Å²) in [5.74, 6) is -0.978. The number of aromatic nitrogens is 2. The Morgan fingerprint density at radius 3 is 2.34 bits per heavy atom. The summed E-state index contributed by atoms with van der Waals surface area (Å²) in [5, 5.41) is 11.6. The van der Waals surface area contributed by atoms with Crippen molar-refractivity contribution in [3.8, 4) is 0 Å². The number of aliphatic hydroxyl groups excluding tert-OH is 1. The number of hydrogen-bond acceptors (Lipinski definition) is 6. The van der Waals surface area contributed by atoms with E-state index in [0.717, 1.165) is 35.4 Å². The van der Waals surface area contributed by atoms with Crippen LogP contribution in [0.25, 0.3) is 0 Å². The van der Waals surface area contributed by atoms with Crippen molar-refractivity contribution in [1.82, 2.24) is 9.97 Å². The van der Waals surface area contributed by atoms with Crippen LogP contribution in [0, 0.1) is 11.8 Å². The fraction of sp³-hybridized carbons (Fsp3) is 0.452. The maximum Gasteiger partial charge on any atom is 0.314 e. The molecule has 7 heteroatoms. The molecular weight excluding hydrogens is 478 g/mol. The Hall–Kier alpha value is -3.29. The van der Waals surface area contributed by atoms with Crippen molar-refractivity contribution in [2.75, 3.05) is 0 Å². The number of H-pyrrole nitrogens is 1. The fourth-order valence-corrected chi connectivity index (χ4v) is 4.59. The molecule has 0 radical (unpaired) electrons. The van der Waals surface area contributed by atoms with Crippen molar-refractivity contribution < 1.29 is 19.4 Å². The zero-order valence-corrected chi connectivity index (χ0v) is 22.8. The zero-order chi connectivity index (χ0) is 27.7. The van der Waals surface area contributed by atoms with E-state index in [0.29, 0.717) is 12.8 Å². The highest BCUT2D eigenvalue weighted by Gasteiger charge is 2.38. The number of nitrogens with two attached hydrogens (primary N) is 1. The zero-order valence-electron chi connectivity index (χ0n) is 22.8. The Morgan fingerprint density at radius 1 is 1.11 bits per heavy atom. The van der Waals surface area contributed by atoms with Gasteiger partial charge in [0, 0.05) is 29.8 Å². The lowest BCUT2D eigenvalue weighted by Gasteiger charge is -2.32. The minimum Gasteiger partial charge on any atom is -0.460 e. The van der Waals surface area contributed by atoms with Gasteiger partial charge in [0.15, 0.2) is 0 Å². The average Bonchev–Trinajstić information content (AvgIpc) is 3.36. The number of aromatic amines is 1. The first-order valence-electron chi connectivity index (χ1n) is 13.3. The molecule has 0 aliphatic heterocycles. The lowest BCUT2D eigenvalue weighted by Crippen LogP contribution is -2.42. The summed E-state index contributed by atoms with van der Waals surface area (Å²) in [7, 11) is 0. The number of rotatable bonds is 13. The Balaban J connectivity index is 1.89. The van der Waals surface area contributed by atoms with E-state index in [4.69, 9.17) is 10.5 Å².